The summed E-state index contributed by atoms with van der Waals surface area (Å²) in [6.45, 7) is 3.86. The molecular weight excluding hydrogens is 111 g/mol. The molecule has 0 fully saturated rings. The molecule has 0 saturated carbocycles. The molecule has 0 heterocycles. The van der Waals surface area contributed by atoms with E-state index in [4.69, 9.17) is 11.6 Å². The number of hydrogen-bond donors (Lipinski definition) is 0. The summed E-state index contributed by atoms with van der Waals surface area (Å²) in [6.07, 6.45) is 0. The molecule has 0 aromatic rings. The normalized spacial score (nSPS) is 7.20. The van der Waals surface area contributed by atoms with Gasteiger partial charge in [-0.3, -0.25) is 0 Å². The van der Waals surface area contributed by atoms with Crippen LogP contribution in [0, 0.1) is 0 Å². The van der Waals surface area contributed by atoms with Crippen LogP contribution in [0.3, 0.4) is 0 Å². The summed E-state index contributed by atoms with van der Waals surface area (Å²) >= 11 is 5.27. The molecule has 0 nitrogen and oxygen atoms in total. The Morgan fingerprint density at radius 3 is 1.60 bits per heavy atom. The van der Waals surface area contributed by atoms with Gasteiger partial charge in [0.15, 0.2) is 0 Å². The first-order chi connectivity index (χ1) is 1.73. The second kappa shape index (κ2) is 5.93. The molecule has 2 heteroatoms. The summed E-state index contributed by atoms with van der Waals surface area (Å²) < 4.78 is 0. The first kappa shape index (κ1) is 10.0. The van der Waals surface area contributed by atoms with Crippen molar-refractivity contribution in [3.8, 4) is 0 Å². The monoisotopic (exact) mass is 118 g/mol. The fourth-order valence-electron chi connectivity index (χ4n) is 0. The van der Waals surface area contributed by atoms with E-state index >= 15 is 0 Å². The molecule has 28 valence electrons. The molecule has 0 aliphatic heterocycles. The summed E-state index contributed by atoms with van der Waals surface area (Å²) in [4.78, 5) is 0. The SMILES string of the molecule is CC(C)Cl.[H-].[K+]. The molecule has 0 bridgehead atoms. The maximum absolute atomic E-state index is 5.27. The quantitative estimate of drug-likeness (QED) is 0.276. The summed E-state index contributed by atoms with van der Waals surface area (Å²) in [5, 5.41) is 0.306. The van der Waals surface area contributed by atoms with Crippen molar-refractivity contribution < 1.29 is 52.8 Å². The molecule has 0 saturated heterocycles. The average Bonchev–Trinajstić information content (AvgIpc) is 0.811. The van der Waals surface area contributed by atoms with Crippen LogP contribution in [-0.2, 0) is 0 Å². The van der Waals surface area contributed by atoms with Gasteiger partial charge in [-0.15, -0.1) is 11.6 Å². The van der Waals surface area contributed by atoms with Crippen LogP contribution in [0.1, 0.15) is 15.3 Å². The second-order valence-corrected chi connectivity index (χ2v) is 1.89. The zero-order valence-electron chi connectivity index (χ0n) is 4.96. The largest absolute Gasteiger partial charge is 1.00 e. The molecule has 5 heavy (non-hydrogen) atoms. The standard InChI is InChI=1S/C3H7Cl.K.H/c1-3(2)4;;/h3H,1-2H3;;/q;+1;-1. The predicted molar refractivity (Wildman–Crippen MR) is 22.1 cm³/mol. The van der Waals surface area contributed by atoms with Crippen LogP contribution >= 0.6 is 11.6 Å². The van der Waals surface area contributed by atoms with Crippen molar-refractivity contribution in [1.29, 1.82) is 0 Å². The fourth-order valence-corrected chi connectivity index (χ4v) is 0. The minimum atomic E-state index is 0. The van der Waals surface area contributed by atoms with Crippen LogP contribution in [-0.4, -0.2) is 5.38 Å². The van der Waals surface area contributed by atoms with Crippen LogP contribution in [0.5, 0.6) is 0 Å². The van der Waals surface area contributed by atoms with E-state index in [1.807, 2.05) is 13.8 Å². The van der Waals surface area contributed by atoms with Gasteiger partial charge in [0.05, 0.1) is 0 Å². The van der Waals surface area contributed by atoms with Gasteiger partial charge in [0.25, 0.3) is 0 Å². The van der Waals surface area contributed by atoms with Crippen molar-refractivity contribution in [2.45, 2.75) is 19.2 Å². The van der Waals surface area contributed by atoms with Gasteiger partial charge in [-0.25, -0.2) is 0 Å². The van der Waals surface area contributed by atoms with Crippen molar-refractivity contribution in [2.75, 3.05) is 0 Å². The number of alkyl halides is 1. The smallest absolute Gasteiger partial charge is 1.00 e. The molecule has 0 aromatic carbocycles. The third-order valence-electron chi connectivity index (χ3n) is 0. The molecule has 0 radical (unpaired) electrons. The Kier molecular flexibility index (Phi) is 11.9. The third-order valence-corrected chi connectivity index (χ3v) is 0. The number of halogens is 1. The third kappa shape index (κ3) is 24.6. The topological polar surface area (TPSA) is 0 Å². The molecule has 0 aromatic heterocycles. The van der Waals surface area contributed by atoms with Crippen LogP contribution in [0.25, 0.3) is 0 Å². The van der Waals surface area contributed by atoms with Crippen LogP contribution in [0.4, 0.5) is 0 Å². The van der Waals surface area contributed by atoms with E-state index in [2.05, 4.69) is 0 Å². The minimum absolute atomic E-state index is 0. The van der Waals surface area contributed by atoms with Gasteiger partial charge in [-0.1, -0.05) is 0 Å². The van der Waals surface area contributed by atoms with Gasteiger partial charge in [-0.05, 0) is 13.8 Å². The first-order valence-electron chi connectivity index (χ1n) is 1.37. The summed E-state index contributed by atoms with van der Waals surface area (Å²) in [7, 11) is 0. The Hall–Kier alpha value is 1.93. The Bertz CT molecular complexity index is 15.5. The zero-order chi connectivity index (χ0) is 3.58. The minimum Gasteiger partial charge on any atom is -1.00 e. The van der Waals surface area contributed by atoms with Crippen LogP contribution in [0.2, 0.25) is 0 Å². The van der Waals surface area contributed by atoms with Crippen molar-refractivity contribution in [1.82, 2.24) is 0 Å². The molecule has 0 aliphatic carbocycles. The van der Waals surface area contributed by atoms with E-state index in [0.29, 0.717) is 5.38 Å². The summed E-state index contributed by atoms with van der Waals surface area (Å²) in [5.74, 6) is 0. The maximum Gasteiger partial charge on any atom is 1.00 e. The zero-order valence-corrected chi connectivity index (χ0v) is 7.83. The molecule has 0 rings (SSSR count). The first-order valence-corrected chi connectivity index (χ1v) is 1.81. The van der Waals surface area contributed by atoms with Crippen molar-refractivity contribution in [3.05, 3.63) is 0 Å². The van der Waals surface area contributed by atoms with Gasteiger partial charge in [0.2, 0.25) is 0 Å². The van der Waals surface area contributed by atoms with Gasteiger partial charge in [0, 0.05) is 5.38 Å². The molecule has 0 atom stereocenters. The second-order valence-electron chi connectivity index (χ2n) is 1.01. The number of hydrogen-bond acceptors (Lipinski definition) is 0. The van der Waals surface area contributed by atoms with E-state index in [0.717, 1.165) is 0 Å². The van der Waals surface area contributed by atoms with Gasteiger partial charge < -0.3 is 1.43 Å². The van der Waals surface area contributed by atoms with Crippen molar-refractivity contribution in [2.24, 2.45) is 0 Å². The van der Waals surface area contributed by atoms with Gasteiger partial charge in [-0.2, -0.15) is 0 Å². The molecular formula is C3H8ClK. The Labute approximate surface area is 82.2 Å². The molecule has 0 N–H and O–H groups in total. The maximum atomic E-state index is 5.27. The Morgan fingerprint density at radius 1 is 1.60 bits per heavy atom. The fraction of sp³-hybridized carbons (Fsp3) is 1.00. The van der Waals surface area contributed by atoms with E-state index in [1.165, 1.54) is 0 Å². The Balaban J connectivity index is -0.0000000450. The summed E-state index contributed by atoms with van der Waals surface area (Å²) in [5.41, 5.74) is 0. The summed E-state index contributed by atoms with van der Waals surface area (Å²) in [6, 6.07) is 0. The van der Waals surface area contributed by atoms with E-state index in [-0.39, 0.29) is 52.8 Å². The van der Waals surface area contributed by atoms with Gasteiger partial charge >= 0.3 is 51.4 Å². The van der Waals surface area contributed by atoms with E-state index in [9.17, 15) is 0 Å². The van der Waals surface area contributed by atoms with E-state index < -0.39 is 0 Å². The van der Waals surface area contributed by atoms with Crippen molar-refractivity contribution >= 4 is 11.6 Å². The Morgan fingerprint density at radius 2 is 1.60 bits per heavy atom. The van der Waals surface area contributed by atoms with Crippen molar-refractivity contribution in [3.63, 3.8) is 0 Å². The molecule has 0 aliphatic rings. The molecule has 0 unspecified atom stereocenters. The molecule has 0 amide bonds. The average molecular weight is 119 g/mol. The number of rotatable bonds is 0. The predicted octanol–water partition coefficient (Wildman–Crippen LogP) is -1.25. The molecule has 0 spiro atoms. The van der Waals surface area contributed by atoms with Gasteiger partial charge in [0.1, 0.15) is 0 Å². The van der Waals surface area contributed by atoms with Crippen LogP contribution < -0.4 is 51.4 Å². The van der Waals surface area contributed by atoms with E-state index in [1.54, 1.807) is 0 Å². The van der Waals surface area contributed by atoms with Crippen LogP contribution in [0.15, 0.2) is 0 Å².